The van der Waals surface area contributed by atoms with E-state index >= 15 is 0 Å². The molecule has 0 aliphatic carbocycles. The second kappa shape index (κ2) is 7.41. The molecule has 3 N–H and O–H groups in total. The van der Waals surface area contributed by atoms with E-state index in [4.69, 9.17) is 19.9 Å². The van der Waals surface area contributed by atoms with E-state index in [-0.39, 0.29) is 5.69 Å². The molecule has 0 aliphatic heterocycles. The number of nitrogens with zero attached hydrogens (tertiary/aromatic N) is 2. The summed E-state index contributed by atoms with van der Waals surface area (Å²) in [6, 6.07) is 5.27. The number of carbonyl (C=O) groups excluding carboxylic acids is 1. The van der Waals surface area contributed by atoms with Crippen molar-refractivity contribution in [3.63, 3.8) is 0 Å². The van der Waals surface area contributed by atoms with E-state index in [0.717, 1.165) is 0 Å². The summed E-state index contributed by atoms with van der Waals surface area (Å²) < 4.78 is 16.3. The van der Waals surface area contributed by atoms with Crippen LogP contribution in [0.5, 0.6) is 11.5 Å². The zero-order chi connectivity index (χ0) is 15.9. The number of hydrogen-bond acceptors (Lipinski definition) is 6. The molecule has 0 saturated carbocycles. The largest absolute Gasteiger partial charge is 0.493 e. The van der Waals surface area contributed by atoms with Crippen LogP contribution in [0.15, 0.2) is 18.2 Å². The lowest BCUT2D eigenvalue weighted by atomic mass is 10.1. The third kappa shape index (κ3) is 3.34. The lowest BCUT2D eigenvalue weighted by Gasteiger charge is -2.14. The predicted molar refractivity (Wildman–Crippen MR) is 78.9 cm³/mol. The minimum atomic E-state index is -0.674. The third-order valence-electron chi connectivity index (χ3n) is 2.91. The number of amides is 1. The summed E-state index contributed by atoms with van der Waals surface area (Å²) in [5.41, 5.74) is 6.23. The summed E-state index contributed by atoms with van der Waals surface area (Å²) in [6.07, 6.45) is 0. The molecule has 8 heteroatoms. The van der Waals surface area contributed by atoms with E-state index in [0.29, 0.717) is 42.6 Å². The van der Waals surface area contributed by atoms with Gasteiger partial charge in [0.15, 0.2) is 17.2 Å². The number of para-hydroxylation sites is 1. The Kier molecular flexibility index (Phi) is 5.31. The number of hydrogen-bond donors (Lipinski definition) is 2. The number of aromatic amines is 1. The van der Waals surface area contributed by atoms with Crippen LogP contribution in [0.4, 0.5) is 0 Å². The minimum absolute atomic E-state index is 0.0444. The molecular weight excluding hydrogens is 288 g/mol. The van der Waals surface area contributed by atoms with Crippen molar-refractivity contribution in [1.82, 2.24) is 15.4 Å². The maximum atomic E-state index is 11.4. The lowest BCUT2D eigenvalue weighted by molar-refractivity contribution is 0.0996. The summed E-state index contributed by atoms with van der Waals surface area (Å²) in [7, 11) is 1.53. The van der Waals surface area contributed by atoms with E-state index in [1.165, 1.54) is 7.11 Å². The Morgan fingerprint density at radius 2 is 2.14 bits per heavy atom. The van der Waals surface area contributed by atoms with Crippen molar-refractivity contribution in [3.8, 4) is 22.8 Å². The van der Waals surface area contributed by atoms with E-state index < -0.39 is 5.91 Å². The summed E-state index contributed by atoms with van der Waals surface area (Å²) in [4.78, 5) is 11.4. The average Bonchev–Trinajstić information content (AvgIpc) is 3.01. The van der Waals surface area contributed by atoms with Crippen LogP contribution < -0.4 is 15.2 Å². The Hall–Kier alpha value is -2.61. The number of carbonyl (C=O) groups is 1. The van der Waals surface area contributed by atoms with Crippen LogP contribution in [0.3, 0.4) is 0 Å². The van der Waals surface area contributed by atoms with Crippen molar-refractivity contribution in [3.05, 3.63) is 23.9 Å². The molecule has 1 amide bonds. The van der Waals surface area contributed by atoms with Gasteiger partial charge in [-0.3, -0.25) is 4.79 Å². The third-order valence-corrected chi connectivity index (χ3v) is 2.91. The normalized spacial score (nSPS) is 10.5. The van der Waals surface area contributed by atoms with Gasteiger partial charge in [0.05, 0.1) is 19.3 Å². The fraction of sp³-hybridized carbons (Fsp3) is 0.357. The lowest BCUT2D eigenvalue weighted by Crippen LogP contribution is -2.13. The van der Waals surface area contributed by atoms with Crippen LogP contribution in [0.1, 0.15) is 17.4 Å². The minimum Gasteiger partial charge on any atom is -0.493 e. The van der Waals surface area contributed by atoms with Crippen molar-refractivity contribution < 1.29 is 19.0 Å². The molecule has 0 atom stereocenters. The Morgan fingerprint density at radius 1 is 1.32 bits per heavy atom. The second-order valence-electron chi connectivity index (χ2n) is 4.27. The van der Waals surface area contributed by atoms with Crippen LogP contribution in [0, 0.1) is 0 Å². The highest BCUT2D eigenvalue weighted by molar-refractivity contribution is 5.97. The maximum Gasteiger partial charge on any atom is 0.271 e. The molecule has 0 saturated heterocycles. The second-order valence-corrected chi connectivity index (χ2v) is 4.27. The maximum absolute atomic E-state index is 11.4. The molecule has 2 aromatic rings. The number of H-pyrrole nitrogens is 1. The van der Waals surface area contributed by atoms with Crippen molar-refractivity contribution in [2.75, 3.05) is 26.9 Å². The summed E-state index contributed by atoms with van der Waals surface area (Å²) >= 11 is 0. The van der Waals surface area contributed by atoms with Gasteiger partial charge in [-0.05, 0) is 19.1 Å². The molecule has 1 heterocycles. The van der Waals surface area contributed by atoms with Gasteiger partial charge in [0.1, 0.15) is 12.3 Å². The van der Waals surface area contributed by atoms with Gasteiger partial charge in [-0.25, -0.2) is 0 Å². The highest BCUT2D eigenvalue weighted by atomic mass is 16.5. The number of methoxy groups -OCH3 is 1. The van der Waals surface area contributed by atoms with Crippen LogP contribution in [-0.2, 0) is 4.74 Å². The van der Waals surface area contributed by atoms with Gasteiger partial charge in [0, 0.05) is 6.61 Å². The Balaban J connectivity index is 2.37. The van der Waals surface area contributed by atoms with E-state index in [2.05, 4.69) is 15.4 Å². The number of aromatic nitrogens is 3. The molecule has 0 spiro atoms. The van der Waals surface area contributed by atoms with E-state index in [9.17, 15) is 4.79 Å². The molecule has 8 nitrogen and oxygen atoms in total. The number of rotatable bonds is 8. The average molecular weight is 306 g/mol. The number of nitrogens with one attached hydrogen (secondary N) is 1. The smallest absolute Gasteiger partial charge is 0.271 e. The molecule has 1 aromatic heterocycles. The van der Waals surface area contributed by atoms with Gasteiger partial charge in [-0.1, -0.05) is 6.07 Å². The summed E-state index contributed by atoms with van der Waals surface area (Å²) in [5.74, 6) is 0.306. The van der Waals surface area contributed by atoms with Gasteiger partial charge >= 0.3 is 0 Å². The Morgan fingerprint density at radius 3 is 2.82 bits per heavy atom. The van der Waals surface area contributed by atoms with Crippen molar-refractivity contribution in [1.29, 1.82) is 0 Å². The molecular formula is C14H18N4O4. The SMILES string of the molecule is CCOCCOc1c(OC)cccc1-c1n[nH]nc1C(N)=O. The number of primary amides is 1. The van der Waals surface area contributed by atoms with Gasteiger partial charge in [-0.2, -0.15) is 15.4 Å². The van der Waals surface area contributed by atoms with E-state index in [1.807, 2.05) is 6.92 Å². The molecule has 0 unspecified atom stereocenters. The van der Waals surface area contributed by atoms with Crippen molar-refractivity contribution >= 4 is 5.91 Å². The first-order chi connectivity index (χ1) is 10.7. The molecule has 1 aromatic carbocycles. The molecule has 0 radical (unpaired) electrons. The first kappa shape index (κ1) is 15.8. The van der Waals surface area contributed by atoms with Gasteiger partial charge in [-0.15, -0.1) is 0 Å². The highest BCUT2D eigenvalue weighted by Gasteiger charge is 2.21. The molecule has 2 rings (SSSR count). The summed E-state index contributed by atoms with van der Waals surface area (Å²) in [6.45, 7) is 3.29. The van der Waals surface area contributed by atoms with Gasteiger partial charge in [0.2, 0.25) is 0 Å². The summed E-state index contributed by atoms with van der Waals surface area (Å²) in [5, 5.41) is 10.1. The molecule has 0 bridgehead atoms. The Bertz CT molecular complexity index is 642. The van der Waals surface area contributed by atoms with Crippen LogP contribution in [0.2, 0.25) is 0 Å². The van der Waals surface area contributed by atoms with Crippen LogP contribution in [0.25, 0.3) is 11.3 Å². The molecule has 22 heavy (non-hydrogen) atoms. The standard InChI is InChI=1S/C14H18N4O4/c1-3-21-7-8-22-13-9(5-4-6-10(13)20-2)11-12(14(15)19)17-18-16-11/h4-6H,3,7-8H2,1-2H3,(H2,15,19)(H,16,17,18). The zero-order valence-corrected chi connectivity index (χ0v) is 12.5. The van der Waals surface area contributed by atoms with Crippen molar-refractivity contribution in [2.24, 2.45) is 5.73 Å². The number of nitrogens with two attached hydrogens (primary N) is 1. The molecule has 0 fully saturated rings. The van der Waals surface area contributed by atoms with Gasteiger partial charge < -0.3 is 19.9 Å². The van der Waals surface area contributed by atoms with Gasteiger partial charge in [0.25, 0.3) is 5.91 Å². The van der Waals surface area contributed by atoms with Crippen LogP contribution in [-0.4, -0.2) is 48.2 Å². The monoisotopic (exact) mass is 306 g/mol. The topological polar surface area (TPSA) is 112 Å². The quantitative estimate of drug-likeness (QED) is 0.703. The van der Waals surface area contributed by atoms with E-state index in [1.54, 1.807) is 18.2 Å². The highest BCUT2D eigenvalue weighted by Crippen LogP contribution is 2.38. The fourth-order valence-corrected chi connectivity index (χ4v) is 1.95. The molecule has 0 aliphatic rings. The Labute approximate surface area is 127 Å². The number of benzene rings is 1. The number of ether oxygens (including phenoxy) is 3. The fourth-order valence-electron chi connectivity index (χ4n) is 1.95. The van der Waals surface area contributed by atoms with Crippen LogP contribution >= 0.6 is 0 Å². The first-order valence-electron chi connectivity index (χ1n) is 6.77. The van der Waals surface area contributed by atoms with Crippen molar-refractivity contribution in [2.45, 2.75) is 6.92 Å². The first-order valence-corrected chi connectivity index (χ1v) is 6.77. The zero-order valence-electron chi connectivity index (χ0n) is 12.5. The molecule has 118 valence electrons. The predicted octanol–water partition coefficient (Wildman–Crippen LogP) is 0.994.